The molecule has 0 fully saturated rings. The van der Waals surface area contributed by atoms with Gasteiger partial charge in [-0.2, -0.15) is 0 Å². The van der Waals surface area contributed by atoms with Gasteiger partial charge in [-0.1, -0.05) is 22.9 Å². The van der Waals surface area contributed by atoms with Gasteiger partial charge >= 0.3 is 5.97 Å². The van der Waals surface area contributed by atoms with E-state index in [0.29, 0.717) is 13.2 Å². The van der Waals surface area contributed by atoms with Crippen molar-refractivity contribution < 1.29 is 9.53 Å². The molecule has 1 aromatic rings. The summed E-state index contributed by atoms with van der Waals surface area (Å²) in [4.78, 5) is 11.4. The van der Waals surface area contributed by atoms with E-state index in [9.17, 15) is 4.79 Å². The molecule has 0 radical (unpaired) electrons. The number of hydrogen-bond acceptors (Lipinski definition) is 3. The maximum Gasteiger partial charge on any atom is 0.310 e. The molecule has 0 heterocycles. The molecule has 4 heteroatoms. The van der Waals surface area contributed by atoms with Crippen molar-refractivity contribution in [3.8, 4) is 0 Å². The molecule has 17 heavy (non-hydrogen) atoms. The number of nitrogens with one attached hydrogen (secondary N) is 1. The zero-order chi connectivity index (χ0) is 12.8. The summed E-state index contributed by atoms with van der Waals surface area (Å²) in [7, 11) is 0. The molecule has 0 bridgehead atoms. The number of esters is 1. The lowest BCUT2D eigenvalue weighted by atomic mass is 10.1. The molecule has 0 saturated carbocycles. The average molecular weight is 300 g/mol. The lowest BCUT2D eigenvalue weighted by Crippen LogP contribution is -2.22. The van der Waals surface area contributed by atoms with E-state index < -0.39 is 0 Å². The first-order valence-corrected chi connectivity index (χ1v) is 6.50. The molecular formula is C13H18BrNO2. The Hall–Kier alpha value is -1.03. The number of hydrogen-bond donors (Lipinski definition) is 1. The van der Waals surface area contributed by atoms with Crippen LogP contribution in [0.5, 0.6) is 0 Å². The topological polar surface area (TPSA) is 38.3 Å². The summed E-state index contributed by atoms with van der Waals surface area (Å²) in [6.07, 6.45) is 0. The van der Waals surface area contributed by atoms with Gasteiger partial charge in [-0.05, 0) is 37.6 Å². The van der Waals surface area contributed by atoms with Crippen LogP contribution in [0.2, 0.25) is 0 Å². The predicted octanol–water partition coefficient (Wildman–Crippen LogP) is 3.37. The van der Waals surface area contributed by atoms with Crippen LogP contribution in [-0.4, -0.2) is 19.1 Å². The molecule has 1 unspecified atom stereocenters. The van der Waals surface area contributed by atoms with Crippen LogP contribution >= 0.6 is 15.9 Å². The summed E-state index contributed by atoms with van der Waals surface area (Å²) in [5.74, 6) is -0.298. The van der Waals surface area contributed by atoms with E-state index >= 15 is 0 Å². The number of rotatable bonds is 5. The molecular weight excluding hydrogens is 282 g/mol. The zero-order valence-corrected chi connectivity index (χ0v) is 12.0. The number of anilines is 1. The highest BCUT2D eigenvalue weighted by molar-refractivity contribution is 9.10. The van der Waals surface area contributed by atoms with Crippen molar-refractivity contribution in [1.82, 2.24) is 0 Å². The molecule has 0 aliphatic carbocycles. The fourth-order valence-electron chi connectivity index (χ4n) is 1.39. The molecule has 0 spiro atoms. The first-order valence-electron chi connectivity index (χ1n) is 5.71. The predicted molar refractivity (Wildman–Crippen MR) is 73.2 cm³/mol. The van der Waals surface area contributed by atoms with Crippen molar-refractivity contribution in [1.29, 1.82) is 0 Å². The largest absolute Gasteiger partial charge is 0.466 e. The summed E-state index contributed by atoms with van der Waals surface area (Å²) in [6.45, 7) is 6.72. The third-order valence-electron chi connectivity index (χ3n) is 2.46. The molecule has 3 nitrogen and oxygen atoms in total. The number of carbonyl (C=O) groups excluding carboxylic acids is 1. The van der Waals surface area contributed by atoms with E-state index in [4.69, 9.17) is 4.74 Å². The Balaban J connectivity index is 2.50. The van der Waals surface area contributed by atoms with E-state index in [1.807, 2.05) is 39.0 Å². The quantitative estimate of drug-likeness (QED) is 0.847. The SMILES string of the molecule is CCOC(=O)C(C)CNc1ccc(Br)c(C)c1. The monoisotopic (exact) mass is 299 g/mol. The standard InChI is InChI=1S/C13H18BrNO2/c1-4-17-13(16)10(3)8-15-11-5-6-12(14)9(2)7-11/h5-7,10,15H,4,8H2,1-3H3. The number of halogens is 1. The zero-order valence-electron chi connectivity index (χ0n) is 10.4. The van der Waals surface area contributed by atoms with Crippen LogP contribution in [0.4, 0.5) is 5.69 Å². The van der Waals surface area contributed by atoms with Crippen LogP contribution in [0.1, 0.15) is 19.4 Å². The molecule has 0 aliphatic heterocycles. The van der Waals surface area contributed by atoms with E-state index in [1.54, 1.807) is 0 Å². The van der Waals surface area contributed by atoms with Crippen molar-refractivity contribution in [2.24, 2.45) is 5.92 Å². The van der Waals surface area contributed by atoms with E-state index in [2.05, 4.69) is 21.2 Å². The van der Waals surface area contributed by atoms with Crippen molar-refractivity contribution in [3.63, 3.8) is 0 Å². The smallest absolute Gasteiger partial charge is 0.310 e. The maximum absolute atomic E-state index is 11.4. The van der Waals surface area contributed by atoms with Crippen molar-refractivity contribution in [3.05, 3.63) is 28.2 Å². The summed E-state index contributed by atoms with van der Waals surface area (Å²) < 4.78 is 6.03. The Morgan fingerprint density at radius 1 is 1.53 bits per heavy atom. The van der Waals surface area contributed by atoms with Gasteiger partial charge in [0.05, 0.1) is 12.5 Å². The lowest BCUT2D eigenvalue weighted by Gasteiger charge is -2.13. The lowest BCUT2D eigenvalue weighted by molar-refractivity contribution is -0.146. The minimum atomic E-state index is -0.158. The number of aryl methyl sites for hydroxylation is 1. The number of ether oxygens (including phenoxy) is 1. The van der Waals surface area contributed by atoms with Gasteiger partial charge in [0, 0.05) is 16.7 Å². The van der Waals surface area contributed by atoms with Gasteiger partial charge in [0.2, 0.25) is 0 Å². The minimum Gasteiger partial charge on any atom is -0.466 e. The van der Waals surface area contributed by atoms with Gasteiger partial charge in [-0.15, -0.1) is 0 Å². The average Bonchev–Trinajstić information content (AvgIpc) is 2.30. The van der Waals surface area contributed by atoms with E-state index in [0.717, 1.165) is 10.2 Å². The Kier molecular flexibility index (Phi) is 5.48. The molecule has 0 saturated heterocycles. The summed E-state index contributed by atoms with van der Waals surface area (Å²) in [5.41, 5.74) is 2.18. The van der Waals surface area contributed by atoms with Gasteiger partial charge in [-0.3, -0.25) is 4.79 Å². The van der Waals surface area contributed by atoms with Gasteiger partial charge in [0.15, 0.2) is 0 Å². The second kappa shape index (κ2) is 6.64. The molecule has 1 rings (SSSR count). The van der Waals surface area contributed by atoms with Crippen molar-refractivity contribution >= 4 is 27.6 Å². The first kappa shape index (κ1) is 14.0. The van der Waals surface area contributed by atoms with E-state index in [-0.39, 0.29) is 11.9 Å². The molecule has 0 amide bonds. The van der Waals surface area contributed by atoms with Crippen molar-refractivity contribution in [2.45, 2.75) is 20.8 Å². The van der Waals surface area contributed by atoms with Gasteiger partial charge < -0.3 is 10.1 Å². The van der Waals surface area contributed by atoms with Crippen LogP contribution in [0, 0.1) is 12.8 Å². The molecule has 1 atom stereocenters. The maximum atomic E-state index is 11.4. The van der Waals surface area contributed by atoms with Crippen LogP contribution in [0.3, 0.4) is 0 Å². The third-order valence-corrected chi connectivity index (χ3v) is 3.35. The van der Waals surface area contributed by atoms with E-state index in [1.165, 1.54) is 5.56 Å². The fraction of sp³-hybridized carbons (Fsp3) is 0.462. The van der Waals surface area contributed by atoms with Gasteiger partial charge in [0.1, 0.15) is 0 Å². The fourth-order valence-corrected chi connectivity index (χ4v) is 1.64. The van der Waals surface area contributed by atoms with Crippen LogP contribution in [0.15, 0.2) is 22.7 Å². The second-order valence-corrected chi connectivity index (χ2v) is 4.85. The molecule has 94 valence electrons. The highest BCUT2D eigenvalue weighted by Gasteiger charge is 2.13. The van der Waals surface area contributed by atoms with Gasteiger partial charge in [-0.25, -0.2) is 0 Å². The number of benzene rings is 1. The third kappa shape index (κ3) is 4.38. The Bertz CT molecular complexity index is 393. The van der Waals surface area contributed by atoms with Crippen LogP contribution < -0.4 is 5.32 Å². The van der Waals surface area contributed by atoms with Crippen LogP contribution in [0.25, 0.3) is 0 Å². The summed E-state index contributed by atoms with van der Waals surface area (Å²) >= 11 is 3.45. The minimum absolute atomic E-state index is 0.140. The van der Waals surface area contributed by atoms with Crippen molar-refractivity contribution in [2.75, 3.05) is 18.5 Å². The number of carbonyl (C=O) groups is 1. The second-order valence-electron chi connectivity index (χ2n) is 4.00. The summed E-state index contributed by atoms with van der Waals surface area (Å²) in [5, 5.41) is 3.23. The molecule has 0 aliphatic rings. The highest BCUT2D eigenvalue weighted by Crippen LogP contribution is 2.20. The molecule has 1 aromatic carbocycles. The van der Waals surface area contributed by atoms with Crippen LogP contribution in [-0.2, 0) is 9.53 Å². The normalized spacial score (nSPS) is 12.0. The van der Waals surface area contributed by atoms with Gasteiger partial charge in [0.25, 0.3) is 0 Å². The molecule has 1 N–H and O–H groups in total. The Morgan fingerprint density at radius 2 is 2.24 bits per heavy atom. The summed E-state index contributed by atoms with van der Waals surface area (Å²) in [6, 6.07) is 6.02. The Labute approximate surface area is 111 Å². The Morgan fingerprint density at radius 3 is 2.82 bits per heavy atom. The molecule has 0 aromatic heterocycles. The first-order chi connectivity index (χ1) is 8.04. The highest BCUT2D eigenvalue weighted by atomic mass is 79.9.